The van der Waals surface area contributed by atoms with Gasteiger partial charge in [-0.3, -0.25) is 19.8 Å². The minimum Gasteiger partial charge on any atom is -0.340 e. The van der Waals surface area contributed by atoms with Crippen molar-refractivity contribution < 1.29 is 14.4 Å². The molecule has 7 heteroatoms. The molecule has 1 aromatic rings. The van der Waals surface area contributed by atoms with Gasteiger partial charge in [0.1, 0.15) is 0 Å². The van der Waals surface area contributed by atoms with Gasteiger partial charge in [0.2, 0.25) is 11.8 Å². The van der Waals surface area contributed by atoms with Crippen LogP contribution in [0.4, 0.5) is 4.79 Å². The standard InChI is InChI=1S/C18H26N4O3/c1-3-19-18(25)20-16(23)13-21-8-10-22(11-9-21)17(24)12-15-6-4-14(2)5-7-15/h4-7H,3,8-13H2,1-2H3,(H2,19,20,23,25). The summed E-state index contributed by atoms with van der Waals surface area (Å²) in [6.45, 7) is 6.89. The maximum atomic E-state index is 12.4. The van der Waals surface area contributed by atoms with Crippen molar-refractivity contribution in [3.05, 3.63) is 35.4 Å². The number of piperazine rings is 1. The molecule has 1 heterocycles. The van der Waals surface area contributed by atoms with Crippen molar-refractivity contribution in [1.82, 2.24) is 20.4 Å². The summed E-state index contributed by atoms with van der Waals surface area (Å²) in [5.41, 5.74) is 2.19. The Kier molecular flexibility index (Phi) is 6.94. The number of carbonyl (C=O) groups excluding carboxylic acids is 3. The molecular formula is C18H26N4O3. The summed E-state index contributed by atoms with van der Waals surface area (Å²) in [7, 11) is 0. The van der Waals surface area contributed by atoms with Crippen LogP contribution in [0.15, 0.2) is 24.3 Å². The van der Waals surface area contributed by atoms with Crippen molar-refractivity contribution in [1.29, 1.82) is 0 Å². The molecule has 1 aromatic carbocycles. The molecule has 0 saturated carbocycles. The van der Waals surface area contributed by atoms with E-state index >= 15 is 0 Å². The number of benzene rings is 1. The highest BCUT2D eigenvalue weighted by Gasteiger charge is 2.22. The molecule has 1 fully saturated rings. The van der Waals surface area contributed by atoms with E-state index in [0.717, 1.165) is 5.56 Å². The molecule has 0 radical (unpaired) electrons. The number of carbonyl (C=O) groups is 3. The Morgan fingerprint density at radius 1 is 1.04 bits per heavy atom. The van der Waals surface area contributed by atoms with Crippen LogP contribution in [0.5, 0.6) is 0 Å². The third-order valence-corrected chi connectivity index (χ3v) is 4.16. The van der Waals surface area contributed by atoms with Crippen molar-refractivity contribution in [3.8, 4) is 0 Å². The molecule has 0 spiro atoms. The van der Waals surface area contributed by atoms with Gasteiger partial charge in [0.15, 0.2) is 0 Å². The van der Waals surface area contributed by atoms with Gasteiger partial charge in [-0.2, -0.15) is 0 Å². The van der Waals surface area contributed by atoms with Crippen LogP contribution in [0, 0.1) is 6.92 Å². The normalized spacial score (nSPS) is 14.9. The highest BCUT2D eigenvalue weighted by Crippen LogP contribution is 2.08. The van der Waals surface area contributed by atoms with E-state index in [4.69, 9.17) is 0 Å². The molecule has 4 amide bonds. The summed E-state index contributed by atoms with van der Waals surface area (Å²) >= 11 is 0. The number of hydrogen-bond donors (Lipinski definition) is 2. The third kappa shape index (κ3) is 6.19. The first-order valence-electron chi connectivity index (χ1n) is 8.61. The average molecular weight is 346 g/mol. The summed E-state index contributed by atoms with van der Waals surface area (Å²) < 4.78 is 0. The Hall–Kier alpha value is -2.41. The Balaban J connectivity index is 1.73. The fourth-order valence-electron chi connectivity index (χ4n) is 2.72. The number of nitrogens with one attached hydrogen (secondary N) is 2. The first kappa shape index (κ1) is 18.9. The number of rotatable bonds is 5. The fourth-order valence-corrected chi connectivity index (χ4v) is 2.72. The van der Waals surface area contributed by atoms with Gasteiger partial charge in [-0.1, -0.05) is 29.8 Å². The summed E-state index contributed by atoms with van der Waals surface area (Å²) in [4.78, 5) is 39.3. The van der Waals surface area contributed by atoms with Gasteiger partial charge in [-0.15, -0.1) is 0 Å². The summed E-state index contributed by atoms with van der Waals surface area (Å²) in [5.74, 6) is -0.222. The van der Waals surface area contributed by atoms with E-state index < -0.39 is 6.03 Å². The first-order valence-corrected chi connectivity index (χ1v) is 8.61. The van der Waals surface area contributed by atoms with Gasteiger partial charge >= 0.3 is 6.03 Å². The van der Waals surface area contributed by atoms with Crippen molar-refractivity contribution in [2.75, 3.05) is 39.3 Å². The van der Waals surface area contributed by atoms with Crippen molar-refractivity contribution in [2.24, 2.45) is 0 Å². The lowest BCUT2D eigenvalue weighted by Crippen LogP contribution is -2.52. The van der Waals surface area contributed by atoms with Gasteiger partial charge in [0.25, 0.3) is 0 Å². The van der Waals surface area contributed by atoms with Crippen LogP contribution in [-0.4, -0.2) is 66.9 Å². The zero-order valence-electron chi connectivity index (χ0n) is 14.9. The van der Waals surface area contributed by atoms with E-state index in [1.54, 1.807) is 6.92 Å². The summed E-state index contributed by atoms with van der Waals surface area (Å²) in [5, 5.41) is 4.81. The Bertz CT molecular complexity index is 607. The van der Waals surface area contributed by atoms with Crippen molar-refractivity contribution in [3.63, 3.8) is 0 Å². The van der Waals surface area contributed by atoms with Crippen LogP contribution in [-0.2, 0) is 16.0 Å². The average Bonchev–Trinajstić information content (AvgIpc) is 2.57. The lowest BCUT2D eigenvalue weighted by molar-refractivity contribution is -0.132. The number of hydrogen-bond acceptors (Lipinski definition) is 4. The topological polar surface area (TPSA) is 81.8 Å². The highest BCUT2D eigenvalue weighted by molar-refractivity contribution is 5.95. The van der Waals surface area contributed by atoms with Crippen LogP contribution in [0.25, 0.3) is 0 Å². The molecule has 0 bridgehead atoms. The van der Waals surface area contributed by atoms with Gasteiger partial charge < -0.3 is 10.2 Å². The van der Waals surface area contributed by atoms with Crippen molar-refractivity contribution >= 4 is 17.8 Å². The Labute approximate surface area is 148 Å². The molecule has 7 nitrogen and oxygen atoms in total. The van der Waals surface area contributed by atoms with Crippen LogP contribution in [0.2, 0.25) is 0 Å². The van der Waals surface area contributed by atoms with E-state index in [-0.39, 0.29) is 18.4 Å². The number of nitrogens with zero attached hydrogens (tertiary/aromatic N) is 2. The molecule has 136 valence electrons. The van der Waals surface area contributed by atoms with Gasteiger partial charge in [0, 0.05) is 32.7 Å². The Morgan fingerprint density at radius 3 is 2.28 bits per heavy atom. The van der Waals surface area contributed by atoms with E-state index in [0.29, 0.717) is 39.1 Å². The van der Waals surface area contributed by atoms with E-state index in [9.17, 15) is 14.4 Å². The smallest absolute Gasteiger partial charge is 0.321 e. The molecule has 2 rings (SSSR count). The van der Waals surface area contributed by atoms with Gasteiger partial charge in [-0.25, -0.2) is 4.79 Å². The Morgan fingerprint density at radius 2 is 1.68 bits per heavy atom. The molecule has 0 atom stereocenters. The number of amides is 4. The van der Waals surface area contributed by atoms with Crippen LogP contribution < -0.4 is 10.6 Å². The van der Waals surface area contributed by atoms with E-state index in [1.807, 2.05) is 41.0 Å². The van der Waals surface area contributed by atoms with Gasteiger partial charge in [-0.05, 0) is 19.4 Å². The maximum absolute atomic E-state index is 12.4. The quantitative estimate of drug-likeness (QED) is 0.815. The molecule has 1 aliphatic heterocycles. The second-order valence-electron chi connectivity index (χ2n) is 6.23. The molecule has 0 aliphatic carbocycles. The SMILES string of the molecule is CCNC(=O)NC(=O)CN1CCN(C(=O)Cc2ccc(C)cc2)CC1. The van der Waals surface area contributed by atoms with Crippen LogP contribution in [0.1, 0.15) is 18.1 Å². The molecule has 25 heavy (non-hydrogen) atoms. The zero-order chi connectivity index (χ0) is 18.2. The molecule has 1 aliphatic rings. The molecule has 1 saturated heterocycles. The summed E-state index contributed by atoms with van der Waals surface area (Å²) in [6.07, 6.45) is 0.401. The predicted molar refractivity (Wildman–Crippen MR) is 95.1 cm³/mol. The first-order chi connectivity index (χ1) is 12.0. The minimum atomic E-state index is -0.473. The third-order valence-electron chi connectivity index (χ3n) is 4.16. The zero-order valence-corrected chi connectivity index (χ0v) is 14.9. The summed E-state index contributed by atoms with van der Waals surface area (Å²) in [6, 6.07) is 7.51. The van der Waals surface area contributed by atoms with Crippen LogP contribution in [0.3, 0.4) is 0 Å². The van der Waals surface area contributed by atoms with Crippen LogP contribution >= 0.6 is 0 Å². The van der Waals surface area contributed by atoms with E-state index in [1.165, 1.54) is 5.56 Å². The second-order valence-corrected chi connectivity index (χ2v) is 6.23. The number of aryl methyl sites for hydroxylation is 1. The van der Waals surface area contributed by atoms with Crippen molar-refractivity contribution in [2.45, 2.75) is 20.3 Å². The largest absolute Gasteiger partial charge is 0.340 e. The fraction of sp³-hybridized carbons (Fsp3) is 0.500. The lowest BCUT2D eigenvalue weighted by atomic mass is 10.1. The second kappa shape index (κ2) is 9.17. The molecule has 0 unspecified atom stereocenters. The number of imide groups is 1. The maximum Gasteiger partial charge on any atom is 0.321 e. The lowest BCUT2D eigenvalue weighted by Gasteiger charge is -2.34. The highest BCUT2D eigenvalue weighted by atomic mass is 16.2. The number of urea groups is 1. The van der Waals surface area contributed by atoms with E-state index in [2.05, 4.69) is 10.6 Å². The molecular weight excluding hydrogens is 320 g/mol. The monoisotopic (exact) mass is 346 g/mol. The molecule has 0 aromatic heterocycles. The molecule has 2 N–H and O–H groups in total. The van der Waals surface area contributed by atoms with Gasteiger partial charge in [0.05, 0.1) is 13.0 Å². The minimum absolute atomic E-state index is 0.107. The predicted octanol–water partition coefficient (Wildman–Crippen LogP) is 0.527.